The summed E-state index contributed by atoms with van der Waals surface area (Å²) in [7, 11) is 1.31. The lowest BCUT2D eigenvalue weighted by molar-refractivity contribution is -0.142. The van der Waals surface area contributed by atoms with Gasteiger partial charge >= 0.3 is 18.0 Å². The number of hydrogen-bond acceptors (Lipinski definition) is 6. The third kappa shape index (κ3) is 5.68. The molecule has 1 aromatic rings. The van der Waals surface area contributed by atoms with Crippen molar-refractivity contribution in [2.24, 2.45) is 0 Å². The fourth-order valence-electron chi connectivity index (χ4n) is 2.74. The van der Waals surface area contributed by atoms with Crippen LogP contribution in [0.3, 0.4) is 0 Å². The zero-order valence-electron chi connectivity index (χ0n) is 15.9. The van der Waals surface area contributed by atoms with Crippen molar-refractivity contribution < 1.29 is 33.7 Å². The van der Waals surface area contributed by atoms with E-state index in [-0.39, 0.29) is 19.6 Å². The largest absolute Gasteiger partial charge is 0.480 e. The van der Waals surface area contributed by atoms with Crippen LogP contribution in [0.15, 0.2) is 24.3 Å². The van der Waals surface area contributed by atoms with Crippen molar-refractivity contribution in [3.05, 3.63) is 35.4 Å². The number of esters is 1. The van der Waals surface area contributed by atoms with Crippen molar-refractivity contribution in [1.82, 2.24) is 4.90 Å². The molecule has 8 nitrogen and oxygen atoms in total. The number of rotatable bonds is 5. The maximum absolute atomic E-state index is 12.3. The molecule has 1 unspecified atom stereocenters. The molecule has 148 valence electrons. The molecule has 1 aliphatic rings. The number of methoxy groups -OCH3 is 1. The summed E-state index contributed by atoms with van der Waals surface area (Å²) in [4.78, 5) is 36.4. The molecule has 0 aliphatic carbocycles. The Labute approximate surface area is 158 Å². The van der Waals surface area contributed by atoms with Gasteiger partial charge in [0.25, 0.3) is 0 Å². The van der Waals surface area contributed by atoms with Gasteiger partial charge in [0, 0.05) is 6.42 Å². The van der Waals surface area contributed by atoms with Gasteiger partial charge < -0.3 is 19.3 Å². The minimum absolute atomic E-state index is 0.145. The van der Waals surface area contributed by atoms with Gasteiger partial charge in [0.2, 0.25) is 0 Å². The van der Waals surface area contributed by atoms with Crippen molar-refractivity contribution in [1.29, 1.82) is 0 Å². The van der Waals surface area contributed by atoms with Crippen LogP contribution < -0.4 is 0 Å². The number of nitrogens with zero attached hydrogens (tertiary/aromatic N) is 1. The van der Waals surface area contributed by atoms with E-state index in [1.54, 1.807) is 45.0 Å². The number of hydrogen-bond donors (Lipinski definition) is 1. The van der Waals surface area contributed by atoms with Crippen molar-refractivity contribution >= 4 is 18.0 Å². The number of carbonyl (C=O) groups is 3. The minimum Gasteiger partial charge on any atom is -0.480 e. The average Bonchev–Trinajstić information content (AvgIpc) is 3.03. The van der Waals surface area contributed by atoms with E-state index in [0.717, 1.165) is 5.56 Å². The van der Waals surface area contributed by atoms with Gasteiger partial charge in [-0.05, 0) is 38.5 Å². The van der Waals surface area contributed by atoms with Gasteiger partial charge in [-0.15, -0.1) is 0 Å². The molecule has 0 radical (unpaired) electrons. The zero-order chi connectivity index (χ0) is 20.2. The summed E-state index contributed by atoms with van der Waals surface area (Å²) in [5.41, 5.74) is 0.551. The van der Waals surface area contributed by atoms with Crippen LogP contribution in [0.4, 0.5) is 4.79 Å². The fourth-order valence-corrected chi connectivity index (χ4v) is 2.74. The maximum Gasteiger partial charge on any atom is 0.411 e. The highest BCUT2D eigenvalue weighted by atomic mass is 16.6. The van der Waals surface area contributed by atoms with E-state index in [1.807, 2.05) is 0 Å². The number of ether oxygens (including phenoxy) is 3. The third-order valence-corrected chi connectivity index (χ3v) is 4.04. The predicted molar refractivity (Wildman–Crippen MR) is 95.3 cm³/mol. The minimum atomic E-state index is -1.09. The molecule has 0 spiro atoms. The summed E-state index contributed by atoms with van der Waals surface area (Å²) >= 11 is 0. The summed E-state index contributed by atoms with van der Waals surface area (Å²) in [6.07, 6.45) is -0.892. The topological polar surface area (TPSA) is 102 Å². The number of likely N-dealkylation sites (tertiary alicyclic amines) is 1. The van der Waals surface area contributed by atoms with Crippen LogP contribution in [-0.4, -0.2) is 59.4 Å². The number of aliphatic carboxylic acids is 1. The van der Waals surface area contributed by atoms with E-state index in [2.05, 4.69) is 4.74 Å². The van der Waals surface area contributed by atoms with Crippen LogP contribution in [0.5, 0.6) is 0 Å². The standard InChI is InChI=1S/C19H25NO7/c1-19(2,3)27-18(24)20-10-14(9-15(20)16(21)22)26-11-12-5-7-13(8-6-12)17(23)25-4/h5-8,14-15H,9-11H2,1-4H3,(H,21,22)/t14-,15?/m0/s1. The lowest BCUT2D eigenvalue weighted by atomic mass is 10.1. The molecule has 1 N–H and O–H groups in total. The molecule has 0 aromatic heterocycles. The fraction of sp³-hybridized carbons (Fsp3) is 0.526. The Morgan fingerprint density at radius 2 is 1.81 bits per heavy atom. The van der Waals surface area contributed by atoms with Crippen molar-refractivity contribution in [3.8, 4) is 0 Å². The number of carboxylic acid groups (broad SMARTS) is 1. The first-order chi connectivity index (χ1) is 12.6. The monoisotopic (exact) mass is 379 g/mol. The van der Waals surface area contributed by atoms with E-state index in [0.29, 0.717) is 5.56 Å². The first-order valence-corrected chi connectivity index (χ1v) is 8.62. The van der Waals surface area contributed by atoms with Crippen molar-refractivity contribution in [2.45, 2.75) is 51.5 Å². The van der Waals surface area contributed by atoms with Crippen LogP contribution in [0, 0.1) is 0 Å². The molecular weight excluding hydrogens is 354 g/mol. The van der Waals surface area contributed by atoms with Gasteiger partial charge in [-0.3, -0.25) is 4.90 Å². The molecule has 27 heavy (non-hydrogen) atoms. The zero-order valence-corrected chi connectivity index (χ0v) is 15.9. The Morgan fingerprint density at radius 3 is 2.33 bits per heavy atom. The van der Waals surface area contributed by atoms with Gasteiger partial charge in [-0.2, -0.15) is 0 Å². The molecular formula is C19H25NO7. The van der Waals surface area contributed by atoms with E-state index in [1.165, 1.54) is 12.0 Å². The molecule has 0 bridgehead atoms. The first kappa shape index (κ1) is 20.7. The summed E-state index contributed by atoms with van der Waals surface area (Å²) in [6, 6.07) is 5.76. The summed E-state index contributed by atoms with van der Waals surface area (Å²) in [6.45, 7) is 5.56. The molecule has 1 amide bonds. The number of carboxylic acids is 1. The SMILES string of the molecule is COC(=O)c1ccc(CO[C@H]2CC(C(=O)O)N(C(=O)OC(C)(C)C)C2)cc1. The molecule has 8 heteroatoms. The second-order valence-corrected chi connectivity index (χ2v) is 7.34. The van der Waals surface area contributed by atoms with Gasteiger partial charge in [-0.25, -0.2) is 14.4 Å². The summed E-state index contributed by atoms with van der Waals surface area (Å²) in [5, 5.41) is 9.39. The number of benzene rings is 1. The Bertz CT molecular complexity index is 693. The lowest BCUT2D eigenvalue weighted by Gasteiger charge is -2.26. The molecule has 1 heterocycles. The molecule has 0 saturated carbocycles. The summed E-state index contributed by atoms with van der Waals surface area (Å²) < 4.78 is 15.7. The molecule has 2 rings (SSSR count). The van der Waals surface area contributed by atoms with Gasteiger partial charge in [0.05, 0.1) is 31.9 Å². The highest BCUT2D eigenvalue weighted by Gasteiger charge is 2.42. The Morgan fingerprint density at radius 1 is 1.19 bits per heavy atom. The van der Waals surface area contributed by atoms with Crippen LogP contribution in [-0.2, 0) is 25.6 Å². The van der Waals surface area contributed by atoms with Crippen molar-refractivity contribution in [2.75, 3.05) is 13.7 Å². The van der Waals surface area contributed by atoms with Gasteiger partial charge in [0.15, 0.2) is 0 Å². The Hall–Kier alpha value is -2.61. The van der Waals surface area contributed by atoms with Crippen molar-refractivity contribution in [3.63, 3.8) is 0 Å². The second-order valence-electron chi connectivity index (χ2n) is 7.34. The molecule has 2 atom stereocenters. The molecule has 1 aromatic carbocycles. The van der Waals surface area contributed by atoms with Crippen LogP contribution in [0.25, 0.3) is 0 Å². The van der Waals surface area contributed by atoms with E-state index >= 15 is 0 Å². The third-order valence-electron chi connectivity index (χ3n) is 4.04. The highest BCUT2D eigenvalue weighted by Crippen LogP contribution is 2.24. The number of amides is 1. The second kappa shape index (κ2) is 8.39. The lowest BCUT2D eigenvalue weighted by Crippen LogP contribution is -2.43. The quantitative estimate of drug-likeness (QED) is 0.784. The van der Waals surface area contributed by atoms with E-state index in [9.17, 15) is 19.5 Å². The molecule has 1 saturated heterocycles. The highest BCUT2D eigenvalue weighted by molar-refractivity contribution is 5.89. The smallest absolute Gasteiger partial charge is 0.411 e. The Kier molecular flexibility index (Phi) is 6.43. The predicted octanol–water partition coefficient (Wildman–Crippen LogP) is 2.45. The van der Waals surface area contributed by atoms with Crippen LogP contribution in [0.2, 0.25) is 0 Å². The van der Waals surface area contributed by atoms with E-state index < -0.39 is 35.8 Å². The van der Waals surface area contributed by atoms with E-state index in [4.69, 9.17) is 9.47 Å². The average molecular weight is 379 g/mol. The normalized spacial score (nSPS) is 19.6. The number of carbonyl (C=O) groups excluding carboxylic acids is 2. The van der Waals surface area contributed by atoms with Crippen LogP contribution in [0.1, 0.15) is 43.1 Å². The first-order valence-electron chi connectivity index (χ1n) is 8.62. The molecule has 1 fully saturated rings. The Balaban J connectivity index is 1.96. The molecule has 1 aliphatic heterocycles. The summed E-state index contributed by atoms with van der Waals surface area (Å²) in [5.74, 6) is -1.51. The van der Waals surface area contributed by atoms with Gasteiger partial charge in [0.1, 0.15) is 11.6 Å². The van der Waals surface area contributed by atoms with Gasteiger partial charge in [-0.1, -0.05) is 12.1 Å². The van der Waals surface area contributed by atoms with Crippen LogP contribution >= 0.6 is 0 Å². The maximum atomic E-state index is 12.3.